The summed E-state index contributed by atoms with van der Waals surface area (Å²) in [5.41, 5.74) is 4.53. The van der Waals surface area contributed by atoms with E-state index >= 15 is 14.7 Å². The van der Waals surface area contributed by atoms with Gasteiger partial charge in [0.1, 0.15) is 17.9 Å². The number of aliphatic hydroxyl groups is 8. The molecule has 4 heterocycles. The van der Waals surface area contributed by atoms with Gasteiger partial charge in [0.25, 0.3) is 0 Å². The number of phenolic OH excluding ortho intramolecular Hbond substituents is 1. The van der Waals surface area contributed by atoms with Crippen molar-refractivity contribution < 1.29 is 65.1 Å². The van der Waals surface area contributed by atoms with Crippen LogP contribution in [0.2, 0.25) is 0 Å². The second-order valence-corrected chi connectivity index (χ2v) is 34.1. The molecule has 4 bridgehead atoms. The van der Waals surface area contributed by atoms with Crippen molar-refractivity contribution in [3.63, 3.8) is 0 Å². The number of Topliss-reactive ketones (excluding diaryl/α,β-unsaturated/α-hetero) is 2. The number of hydrogen-bond donors (Lipinski definition) is 13. The van der Waals surface area contributed by atoms with Crippen molar-refractivity contribution in [1.29, 1.82) is 0 Å². The van der Waals surface area contributed by atoms with Crippen LogP contribution in [0.1, 0.15) is 145 Å². The fraction of sp³-hybridized carbons (Fsp3) is 0.636. The number of benzene rings is 2. The maximum absolute atomic E-state index is 16.8. The number of phenols is 1. The summed E-state index contributed by atoms with van der Waals surface area (Å²) in [5, 5.41) is 122. The van der Waals surface area contributed by atoms with E-state index in [1.54, 1.807) is 37.4 Å². The van der Waals surface area contributed by atoms with Crippen molar-refractivity contribution in [1.82, 2.24) is 15.6 Å². The number of esters is 1. The standard InChI is InChI=1S/C77H97N5O13S2/c1-5-60-62(63(72(92)95-60)47-23-24-79-33-47)44-11-8-12-45-31-77(94)66-64(74(3)32-59(86)68(88)55-38-97-96-37-49(41-17-20-50(84)21-18-41)28-58(85)57(36-83)82-67(66)69(89)65(55)74)48-26-43-16-15-40-9-6-7-10-46(40)34-80-73(78)81-35-56(43)76(77,30-48)70(45)75(4,93)61(87)29-54(71(90)91)51-22-19-42-14-13-39(2)25-52(42)53(51)27-44/h6-7,9-10,17-21,23-24,33,39,43-45,48-49,51-57,59-65,68,70-71,79,82-84,86-88,90-91,93-94H,5,12-14,22,25-32,34-38H2,1-4H3,(H3,78,80,81). The maximum Gasteiger partial charge on any atom is 0.314 e. The van der Waals surface area contributed by atoms with Gasteiger partial charge in [0.05, 0.1) is 54.3 Å². The Kier molecular flexibility index (Phi) is 18.9. The molecule has 7 fully saturated rings. The van der Waals surface area contributed by atoms with Crippen molar-refractivity contribution in [2.75, 3.05) is 24.7 Å². The van der Waals surface area contributed by atoms with Crippen LogP contribution in [-0.2, 0) is 25.7 Å². The van der Waals surface area contributed by atoms with Gasteiger partial charge in [-0.3, -0.25) is 14.4 Å². The number of aromatic hydroxyl groups is 1. The number of nitrogens with two attached hydrogens (primary N) is 1. The molecule has 0 amide bonds. The van der Waals surface area contributed by atoms with Gasteiger partial charge in [0.15, 0.2) is 23.8 Å². The topological polar surface area (TPSA) is 321 Å². The number of guanidine groups is 1. The highest BCUT2D eigenvalue weighted by atomic mass is 33.1. The van der Waals surface area contributed by atoms with Crippen LogP contribution in [-0.4, -0.2) is 147 Å². The second kappa shape index (κ2) is 26.7. The van der Waals surface area contributed by atoms with E-state index in [1.165, 1.54) is 27.2 Å². The number of carbonyl (C=O) groups excluding carboxylic acids is 3. The number of aromatic amines is 1. The highest BCUT2D eigenvalue weighted by molar-refractivity contribution is 8.76. The first-order valence-corrected chi connectivity index (χ1v) is 38.2. The lowest BCUT2D eigenvalue weighted by Gasteiger charge is -2.69. The van der Waals surface area contributed by atoms with E-state index < -0.39 is 160 Å². The molecular weight excluding hydrogens is 1270 g/mol. The molecule has 26 atom stereocenters. The number of carbonyl (C=O) groups is 3. The molecule has 20 heteroatoms. The van der Waals surface area contributed by atoms with Gasteiger partial charge in [-0.05, 0) is 177 Å². The summed E-state index contributed by atoms with van der Waals surface area (Å²) in [7, 11) is 2.95. The van der Waals surface area contributed by atoms with Gasteiger partial charge in [-0.1, -0.05) is 102 Å². The molecule has 5 saturated carbocycles. The molecule has 520 valence electrons. The second-order valence-electron chi connectivity index (χ2n) is 31.5. The predicted octanol–water partition coefficient (Wildman–Crippen LogP) is 6.98. The van der Waals surface area contributed by atoms with Crippen LogP contribution >= 0.6 is 21.6 Å². The number of nitrogens with zero attached hydrogens (tertiary/aromatic N) is 1. The van der Waals surface area contributed by atoms with Gasteiger partial charge in [-0.15, -0.1) is 5.92 Å². The van der Waals surface area contributed by atoms with Crippen molar-refractivity contribution >= 4 is 45.1 Å². The third-order valence-corrected chi connectivity index (χ3v) is 29.1. The van der Waals surface area contributed by atoms with Gasteiger partial charge in [0.2, 0.25) is 0 Å². The van der Waals surface area contributed by atoms with Crippen LogP contribution < -0.4 is 16.4 Å². The number of ether oxygens (including phenoxy) is 1. The fourth-order valence-electron chi connectivity index (χ4n) is 22.5. The lowest BCUT2D eigenvalue weighted by atomic mass is 9.36. The molecular formula is C77H97N5O13S2. The minimum atomic E-state index is -2.18. The van der Waals surface area contributed by atoms with E-state index in [-0.39, 0.29) is 92.6 Å². The van der Waals surface area contributed by atoms with Gasteiger partial charge < -0.3 is 72.0 Å². The minimum Gasteiger partial charge on any atom is -0.508 e. The van der Waals surface area contributed by atoms with Gasteiger partial charge in [-0.2, -0.15) is 0 Å². The summed E-state index contributed by atoms with van der Waals surface area (Å²) >= 11 is 0. The minimum absolute atomic E-state index is 0.0254. The summed E-state index contributed by atoms with van der Waals surface area (Å²) in [6.07, 6.45) is 3.62. The first-order chi connectivity index (χ1) is 46.5. The predicted molar refractivity (Wildman–Crippen MR) is 369 cm³/mol. The fourth-order valence-corrected chi connectivity index (χ4v) is 25.2. The number of aromatic nitrogens is 1. The molecule has 14 rings (SSSR count). The number of fused-ring (bicyclic) bond motifs is 12. The van der Waals surface area contributed by atoms with Crippen LogP contribution in [0, 0.1) is 123 Å². The third kappa shape index (κ3) is 11.6. The zero-order chi connectivity index (χ0) is 68.2. The average molecular weight is 1360 g/mol. The van der Waals surface area contributed by atoms with Crippen molar-refractivity contribution in [3.05, 3.63) is 112 Å². The number of cyclic esters (lactones) is 1. The third-order valence-electron chi connectivity index (χ3n) is 26.5. The first-order valence-electron chi connectivity index (χ1n) is 35.7. The number of H-pyrrole nitrogens is 1. The smallest absolute Gasteiger partial charge is 0.314 e. The highest BCUT2D eigenvalue weighted by Crippen LogP contribution is 2.78. The molecule has 3 aliphatic heterocycles. The summed E-state index contributed by atoms with van der Waals surface area (Å²) in [6, 6.07) is 14.9. The molecule has 14 N–H and O–H groups in total. The molecule has 8 aliphatic carbocycles. The van der Waals surface area contributed by atoms with Crippen LogP contribution in [0.5, 0.6) is 5.75 Å². The molecule has 97 heavy (non-hydrogen) atoms. The lowest BCUT2D eigenvalue weighted by Crippen LogP contribution is -2.73. The summed E-state index contributed by atoms with van der Waals surface area (Å²) in [6.45, 7) is 7.44. The number of aliphatic imine (C=N–C) groups is 1. The molecule has 26 unspecified atom stereocenters. The number of ketones is 2. The molecule has 2 aromatic carbocycles. The van der Waals surface area contributed by atoms with Gasteiger partial charge in [-0.25, -0.2) is 4.99 Å². The molecule has 1 aromatic heterocycles. The Hall–Kier alpha value is -5.62. The summed E-state index contributed by atoms with van der Waals surface area (Å²) < 4.78 is 6.36. The van der Waals surface area contributed by atoms with Crippen LogP contribution in [0.15, 0.2) is 94.9 Å². The van der Waals surface area contributed by atoms with Crippen molar-refractivity contribution in [2.45, 2.75) is 177 Å². The van der Waals surface area contributed by atoms with Gasteiger partial charge in [0, 0.05) is 102 Å². The zero-order valence-electron chi connectivity index (χ0n) is 55.9. The molecule has 1 spiro atoms. The molecule has 0 radical (unpaired) electrons. The largest absolute Gasteiger partial charge is 0.508 e. The number of hydrogen-bond acceptors (Lipinski definition) is 19. The van der Waals surface area contributed by atoms with E-state index in [2.05, 4.69) is 52.3 Å². The van der Waals surface area contributed by atoms with Crippen LogP contribution in [0.25, 0.3) is 0 Å². The highest BCUT2D eigenvalue weighted by Gasteiger charge is 2.80. The number of aliphatic hydroxyl groups excluding tert-OH is 5. The monoisotopic (exact) mass is 1360 g/mol. The summed E-state index contributed by atoms with van der Waals surface area (Å²) in [4.78, 5) is 54.5. The van der Waals surface area contributed by atoms with E-state index in [0.717, 1.165) is 41.5 Å². The van der Waals surface area contributed by atoms with Crippen molar-refractivity contribution in [2.24, 2.45) is 110 Å². The van der Waals surface area contributed by atoms with Gasteiger partial charge >= 0.3 is 5.97 Å². The Morgan fingerprint density at radius 1 is 0.876 bits per heavy atom. The normalized spacial score (nSPS) is 43.5. The van der Waals surface area contributed by atoms with E-state index in [4.69, 9.17) is 15.5 Å². The molecule has 3 aromatic rings. The van der Waals surface area contributed by atoms with E-state index in [9.17, 15) is 45.6 Å². The Morgan fingerprint density at radius 3 is 2.41 bits per heavy atom. The van der Waals surface area contributed by atoms with Crippen molar-refractivity contribution in [3.8, 4) is 29.4 Å². The lowest BCUT2D eigenvalue weighted by molar-refractivity contribution is -0.238. The van der Waals surface area contributed by atoms with E-state index in [0.29, 0.717) is 42.9 Å². The molecule has 18 nitrogen and oxygen atoms in total. The number of rotatable bonds is 6. The Balaban J connectivity index is 1.01. The maximum atomic E-state index is 16.8. The Morgan fingerprint density at radius 2 is 1.66 bits per heavy atom. The van der Waals surface area contributed by atoms with Crippen LogP contribution in [0.3, 0.4) is 0 Å². The molecule has 2 saturated heterocycles. The number of nitrogens with one attached hydrogen (secondary N) is 3. The van der Waals surface area contributed by atoms with Crippen LogP contribution in [0.4, 0.5) is 0 Å². The Bertz CT molecular complexity index is 3720. The Labute approximate surface area is 576 Å². The van der Waals surface area contributed by atoms with E-state index in [1.807, 2.05) is 50.4 Å². The SMILES string of the molecule is CCC1OC(=O)C(c2cc[nH]c2)C1C1C#CCC2CC3(O)C4=C5NC(CO)C(=O)CC(c6ccc(O)cc6)CSSCC6C(O)C(O)CC(C)(C4C4CC7C#Cc8ccccc8CN=C(N)NCC7C3(C4)C2C(C)(O)C(O)CC(C(O)O)C2CC=C3CCC(C)CC3C2C1)C6C5=O. The quantitative estimate of drug-likeness (QED) is 0.0389. The zero-order valence-corrected chi connectivity index (χ0v) is 57.6. The summed E-state index contributed by atoms with van der Waals surface area (Å²) in [5.74, 6) is 5.13. The first kappa shape index (κ1) is 68.5. The molecule has 11 aliphatic rings. The average Bonchev–Trinajstić information content (AvgIpc) is 1.57. The number of allylic oxidation sites excluding steroid dienone is 3.